The normalized spacial score (nSPS) is 10.2. The molecule has 0 aliphatic carbocycles. The van der Waals surface area contributed by atoms with Gasteiger partial charge in [-0.15, -0.1) is 0 Å². The molecule has 28 heavy (non-hydrogen) atoms. The van der Waals surface area contributed by atoms with E-state index in [2.05, 4.69) is 10.6 Å². The average molecular weight is 399 g/mol. The van der Waals surface area contributed by atoms with Crippen molar-refractivity contribution in [2.45, 2.75) is 0 Å². The SMILES string of the molecule is COc1ccc(NC(=O)c2ccc(C(=O)Nc3ccccc3F)cc2)cc1Cl. The molecule has 3 rings (SSSR count). The number of halogens is 2. The van der Waals surface area contributed by atoms with Crippen LogP contribution in [-0.2, 0) is 0 Å². The molecule has 0 aliphatic heterocycles. The summed E-state index contributed by atoms with van der Waals surface area (Å²) in [7, 11) is 1.50. The van der Waals surface area contributed by atoms with E-state index >= 15 is 0 Å². The summed E-state index contributed by atoms with van der Waals surface area (Å²) in [6.45, 7) is 0. The standard InChI is InChI=1S/C21H16ClFN2O3/c1-28-19-11-10-15(12-16(19)22)24-20(26)13-6-8-14(9-7-13)21(27)25-18-5-3-2-4-17(18)23/h2-12H,1H3,(H,24,26)(H,25,27). The number of anilines is 2. The lowest BCUT2D eigenvalue weighted by atomic mass is 10.1. The molecule has 0 saturated carbocycles. The van der Waals surface area contributed by atoms with Gasteiger partial charge in [-0.2, -0.15) is 0 Å². The van der Waals surface area contributed by atoms with E-state index in [-0.39, 0.29) is 11.6 Å². The molecular weight excluding hydrogens is 383 g/mol. The van der Waals surface area contributed by atoms with Crippen molar-refractivity contribution in [2.24, 2.45) is 0 Å². The van der Waals surface area contributed by atoms with Crippen LogP contribution in [0, 0.1) is 5.82 Å². The average Bonchev–Trinajstić information content (AvgIpc) is 2.70. The number of amides is 2. The molecule has 3 aromatic carbocycles. The number of methoxy groups -OCH3 is 1. The molecule has 0 heterocycles. The third kappa shape index (κ3) is 4.47. The predicted octanol–water partition coefficient (Wildman–Crippen LogP) is 4.99. The molecule has 0 spiro atoms. The molecule has 0 aromatic heterocycles. The third-order valence-corrected chi connectivity index (χ3v) is 4.24. The van der Waals surface area contributed by atoms with Crippen molar-refractivity contribution in [1.82, 2.24) is 0 Å². The molecular formula is C21H16ClFN2O3. The zero-order valence-electron chi connectivity index (χ0n) is 14.8. The Balaban J connectivity index is 1.68. The quantitative estimate of drug-likeness (QED) is 0.636. The molecule has 0 unspecified atom stereocenters. The summed E-state index contributed by atoms with van der Waals surface area (Å²) < 4.78 is 18.7. The molecule has 5 nitrogen and oxygen atoms in total. The van der Waals surface area contributed by atoms with Gasteiger partial charge < -0.3 is 15.4 Å². The Hall–Kier alpha value is -3.38. The van der Waals surface area contributed by atoms with Crippen molar-refractivity contribution < 1.29 is 18.7 Å². The second-order valence-electron chi connectivity index (χ2n) is 5.81. The predicted molar refractivity (Wildman–Crippen MR) is 107 cm³/mol. The summed E-state index contributed by atoms with van der Waals surface area (Å²) in [5.74, 6) is -0.851. The number of benzene rings is 3. The topological polar surface area (TPSA) is 67.4 Å². The number of hydrogen-bond acceptors (Lipinski definition) is 3. The molecule has 3 aromatic rings. The van der Waals surface area contributed by atoms with Crippen molar-refractivity contribution in [3.63, 3.8) is 0 Å². The summed E-state index contributed by atoms with van der Waals surface area (Å²) in [5, 5.41) is 5.58. The summed E-state index contributed by atoms with van der Waals surface area (Å²) in [6.07, 6.45) is 0. The highest BCUT2D eigenvalue weighted by atomic mass is 35.5. The van der Waals surface area contributed by atoms with Gasteiger partial charge in [-0.3, -0.25) is 9.59 Å². The van der Waals surface area contributed by atoms with Gasteiger partial charge in [0.1, 0.15) is 11.6 Å². The van der Waals surface area contributed by atoms with Crippen LogP contribution < -0.4 is 15.4 Å². The molecule has 0 aliphatic rings. The van der Waals surface area contributed by atoms with Gasteiger partial charge in [0.15, 0.2) is 0 Å². The molecule has 0 bridgehead atoms. The number of carbonyl (C=O) groups excluding carboxylic acids is 2. The van der Waals surface area contributed by atoms with Gasteiger partial charge in [-0.05, 0) is 54.6 Å². The number of nitrogens with one attached hydrogen (secondary N) is 2. The van der Waals surface area contributed by atoms with Crippen LogP contribution in [0.2, 0.25) is 5.02 Å². The Bertz CT molecular complexity index is 1020. The summed E-state index contributed by atoms with van der Waals surface area (Å²) in [5.41, 5.74) is 1.25. The fourth-order valence-corrected chi connectivity index (χ4v) is 2.74. The lowest BCUT2D eigenvalue weighted by molar-refractivity contribution is 0.101. The molecule has 0 atom stereocenters. The minimum Gasteiger partial charge on any atom is -0.495 e. The molecule has 142 valence electrons. The van der Waals surface area contributed by atoms with Crippen molar-refractivity contribution >= 4 is 34.8 Å². The second kappa shape index (κ2) is 8.54. The van der Waals surface area contributed by atoms with Crippen LogP contribution in [0.5, 0.6) is 5.75 Å². The van der Waals surface area contributed by atoms with E-state index < -0.39 is 11.7 Å². The fraction of sp³-hybridized carbons (Fsp3) is 0.0476. The number of rotatable bonds is 5. The maximum absolute atomic E-state index is 13.6. The van der Waals surface area contributed by atoms with E-state index in [4.69, 9.17) is 16.3 Å². The number of carbonyl (C=O) groups is 2. The first-order valence-electron chi connectivity index (χ1n) is 8.29. The van der Waals surface area contributed by atoms with E-state index in [1.165, 1.54) is 49.6 Å². The molecule has 2 amide bonds. The van der Waals surface area contributed by atoms with Gasteiger partial charge >= 0.3 is 0 Å². The summed E-state index contributed by atoms with van der Waals surface area (Å²) in [6, 6.07) is 16.8. The van der Waals surface area contributed by atoms with E-state index in [1.807, 2.05) is 0 Å². The Kier molecular flexibility index (Phi) is 5.91. The van der Waals surface area contributed by atoms with E-state index in [0.29, 0.717) is 27.6 Å². The fourth-order valence-electron chi connectivity index (χ4n) is 2.48. The van der Waals surface area contributed by atoms with Crippen molar-refractivity contribution in [2.75, 3.05) is 17.7 Å². The van der Waals surface area contributed by atoms with Crippen LogP contribution in [0.3, 0.4) is 0 Å². The van der Waals surface area contributed by atoms with Gasteiger partial charge in [0.25, 0.3) is 11.8 Å². The van der Waals surface area contributed by atoms with Gasteiger partial charge in [0.2, 0.25) is 0 Å². The van der Waals surface area contributed by atoms with Gasteiger partial charge in [0, 0.05) is 16.8 Å². The highest BCUT2D eigenvalue weighted by Gasteiger charge is 2.12. The van der Waals surface area contributed by atoms with E-state index in [0.717, 1.165) is 0 Å². The van der Waals surface area contributed by atoms with Crippen LogP contribution in [0.25, 0.3) is 0 Å². The summed E-state index contributed by atoms with van der Waals surface area (Å²) >= 11 is 6.04. The Labute approximate surface area is 166 Å². The van der Waals surface area contributed by atoms with Crippen LogP contribution in [0.15, 0.2) is 66.7 Å². The monoisotopic (exact) mass is 398 g/mol. The van der Waals surface area contributed by atoms with Crippen molar-refractivity contribution in [1.29, 1.82) is 0 Å². The Morgan fingerprint density at radius 1 is 0.893 bits per heavy atom. The molecule has 0 saturated heterocycles. The zero-order valence-corrected chi connectivity index (χ0v) is 15.6. The van der Waals surface area contributed by atoms with Gasteiger partial charge in [-0.1, -0.05) is 23.7 Å². The molecule has 0 fully saturated rings. The first kappa shape index (κ1) is 19.4. The minimum absolute atomic E-state index is 0.0886. The largest absolute Gasteiger partial charge is 0.495 e. The third-order valence-electron chi connectivity index (χ3n) is 3.94. The van der Waals surface area contributed by atoms with Crippen LogP contribution >= 0.6 is 11.6 Å². The Morgan fingerprint density at radius 3 is 2.07 bits per heavy atom. The minimum atomic E-state index is -0.523. The van der Waals surface area contributed by atoms with E-state index in [9.17, 15) is 14.0 Å². The maximum Gasteiger partial charge on any atom is 0.255 e. The first-order chi connectivity index (χ1) is 13.5. The highest BCUT2D eigenvalue weighted by molar-refractivity contribution is 6.32. The second-order valence-corrected chi connectivity index (χ2v) is 6.22. The Morgan fingerprint density at radius 2 is 1.50 bits per heavy atom. The van der Waals surface area contributed by atoms with Gasteiger partial charge in [-0.25, -0.2) is 4.39 Å². The van der Waals surface area contributed by atoms with Crippen molar-refractivity contribution in [3.05, 3.63) is 88.7 Å². The van der Waals surface area contributed by atoms with Crippen LogP contribution in [0.4, 0.5) is 15.8 Å². The van der Waals surface area contributed by atoms with Crippen LogP contribution in [0.1, 0.15) is 20.7 Å². The van der Waals surface area contributed by atoms with Gasteiger partial charge in [0.05, 0.1) is 17.8 Å². The molecule has 0 radical (unpaired) electrons. The molecule has 7 heteroatoms. The lowest BCUT2D eigenvalue weighted by Crippen LogP contribution is -2.15. The number of para-hydroxylation sites is 1. The van der Waals surface area contributed by atoms with E-state index in [1.54, 1.807) is 24.3 Å². The summed E-state index contributed by atoms with van der Waals surface area (Å²) in [4.78, 5) is 24.6. The molecule has 2 N–H and O–H groups in total. The number of hydrogen-bond donors (Lipinski definition) is 2. The van der Waals surface area contributed by atoms with Crippen LogP contribution in [-0.4, -0.2) is 18.9 Å². The highest BCUT2D eigenvalue weighted by Crippen LogP contribution is 2.27. The zero-order chi connectivity index (χ0) is 20.1. The first-order valence-corrected chi connectivity index (χ1v) is 8.66. The van der Waals surface area contributed by atoms with Crippen molar-refractivity contribution in [3.8, 4) is 5.75 Å². The number of ether oxygens (including phenoxy) is 1. The lowest BCUT2D eigenvalue weighted by Gasteiger charge is -2.09. The maximum atomic E-state index is 13.6. The smallest absolute Gasteiger partial charge is 0.255 e.